The van der Waals surface area contributed by atoms with Gasteiger partial charge in [0.1, 0.15) is 65.2 Å². The monoisotopic (exact) mass is 596 g/mol. The molecule has 0 unspecified atom stereocenters. The van der Waals surface area contributed by atoms with Crippen molar-refractivity contribution in [2.45, 2.75) is 55.3 Å². The number of rotatable bonds is 6. The van der Waals surface area contributed by atoms with Gasteiger partial charge in [-0.05, 0) is 18.2 Å². The lowest BCUT2D eigenvalue weighted by atomic mass is 9.99. The second-order valence-corrected chi connectivity index (χ2v) is 9.85. The number of aliphatic hydroxyl groups excluding tert-OH is 6. The molecule has 2 saturated heterocycles. The summed E-state index contributed by atoms with van der Waals surface area (Å²) in [5.41, 5.74) is -1.35. The molecule has 2 aromatic carbocycles. The Hall–Kier alpha value is -3.71. The van der Waals surface area contributed by atoms with E-state index in [-0.39, 0.29) is 17.8 Å². The van der Waals surface area contributed by atoms with Gasteiger partial charge in [-0.25, -0.2) is 0 Å². The Morgan fingerprint density at radius 2 is 1.50 bits per heavy atom. The molecular formula is C26H28O16. The third kappa shape index (κ3) is 5.42. The molecule has 10 N–H and O–H groups in total. The summed E-state index contributed by atoms with van der Waals surface area (Å²) in [5.74, 6) is -3.33. The number of benzene rings is 2. The Kier molecular flexibility index (Phi) is 8.17. The van der Waals surface area contributed by atoms with Gasteiger partial charge in [-0.1, -0.05) is 0 Å². The molecule has 0 bridgehead atoms. The molecule has 2 fully saturated rings. The average molecular weight is 596 g/mol. The fourth-order valence-electron chi connectivity index (χ4n) is 4.61. The van der Waals surface area contributed by atoms with Crippen molar-refractivity contribution in [3.8, 4) is 40.1 Å². The normalized spacial score (nSPS) is 31.7. The van der Waals surface area contributed by atoms with Crippen LogP contribution in [0.5, 0.6) is 28.7 Å². The van der Waals surface area contributed by atoms with Crippen molar-refractivity contribution in [2.24, 2.45) is 0 Å². The van der Waals surface area contributed by atoms with Crippen molar-refractivity contribution in [1.82, 2.24) is 0 Å². The van der Waals surface area contributed by atoms with Crippen molar-refractivity contribution in [2.75, 3.05) is 13.2 Å². The van der Waals surface area contributed by atoms with Gasteiger partial charge in [0.2, 0.25) is 17.5 Å². The summed E-state index contributed by atoms with van der Waals surface area (Å²) >= 11 is 0. The fourth-order valence-corrected chi connectivity index (χ4v) is 4.61. The van der Waals surface area contributed by atoms with E-state index in [9.17, 15) is 55.9 Å². The Balaban J connectivity index is 1.48. The van der Waals surface area contributed by atoms with Gasteiger partial charge < -0.3 is 74.4 Å². The lowest BCUT2D eigenvalue weighted by Crippen LogP contribution is -2.61. The van der Waals surface area contributed by atoms with E-state index >= 15 is 0 Å². The number of aromatic hydroxyl groups is 4. The lowest BCUT2D eigenvalue weighted by molar-refractivity contribution is -0.307. The van der Waals surface area contributed by atoms with E-state index in [4.69, 9.17) is 23.4 Å². The molecule has 228 valence electrons. The number of aliphatic hydroxyl groups is 6. The zero-order valence-corrected chi connectivity index (χ0v) is 21.4. The standard InChI is InChI=1S/C26H28O16/c27-9-4-12(30)16-14(5-9)40-23(8-1-2-10(28)11(29)3-8)24(19(16)34)42-26-22(37)20(35)18(33)15(41-26)7-39-25-21(36)17(32)13(31)6-38-25/h1-5,13,15,17-18,20-22,25-33,35-37H,6-7H2/t13-,15+,17-,18+,20-,21+,22+,25+,26-/m1/s1. The van der Waals surface area contributed by atoms with Crippen LogP contribution in [0.25, 0.3) is 22.3 Å². The maximum Gasteiger partial charge on any atom is 0.239 e. The first-order valence-electron chi connectivity index (χ1n) is 12.6. The molecular weight excluding hydrogens is 568 g/mol. The molecule has 3 heterocycles. The summed E-state index contributed by atoms with van der Waals surface area (Å²) in [5, 5.41) is 101. The molecule has 42 heavy (non-hydrogen) atoms. The van der Waals surface area contributed by atoms with Crippen molar-refractivity contribution >= 4 is 11.0 Å². The van der Waals surface area contributed by atoms with Crippen LogP contribution in [0, 0.1) is 0 Å². The number of hydrogen-bond acceptors (Lipinski definition) is 16. The number of fused-ring (bicyclic) bond motifs is 1. The van der Waals surface area contributed by atoms with Gasteiger partial charge in [-0.15, -0.1) is 0 Å². The van der Waals surface area contributed by atoms with Crippen LogP contribution < -0.4 is 10.2 Å². The topological polar surface area (TPSA) is 269 Å². The number of hydrogen-bond donors (Lipinski definition) is 10. The number of ether oxygens (including phenoxy) is 4. The fraction of sp³-hybridized carbons (Fsp3) is 0.423. The zero-order valence-electron chi connectivity index (χ0n) is 21.4. The molecule has 0 radical (unpaired) electrons. The number of phenolic OH excluding ortho intramolecular Hbond substituents is 4. The van der Waals surface area contributed by atoms with E-state index in [1.807, 2.05) is 0 Å². The summed E-state index contributed by atoms with van der Waals surface area (Å²) in [4.78, 5) is 13.5. The molecule has 2 aliphatic heterocycles. The quantitative estimate of drug-likeness (QED) is 0.137. The van der Waals surface area contributed by atoms with Crippen molar-refractivity contribution < 1.29 is 74.4 Å². The molecule has 0 aliphatic carbocycles. The predicted molar refractivity (Wildman–Crippen MR) is 136 cm³/mol. The summed E-state index contributed by atoms with van der Waals surface area (Å²) < 4.78 is 27.5. The van der Waals surface area contributed by atoms with Crippen LogP contribution in [-0.4, -0.2) is 120 Å². The zero-order chi connectivity index (χ0) is 30.5. The molecule has 16 nitrogen and oxygen atoms in total. The lowest BCUT2D eigenvalue weighted by Gasteiger charge is -2.41. The van der Waals surface area contributed by atoms with Gasteiger partial charge in [0.15, 0.2) is 23.5 Å². The Morgan fingerprint density at radius 3 is 2.21 bits per heavy atom. The molecule has 2 aliphatic rings. The Bertz CT molecular complexity index is 1510. The van der Waals surface area contributed by atoms with Crippen LogP contribution >= 0.6 is 0 Å². The average Bonchev–Trinajstić information content (AvgIpc) is 2.94. The smallest absolute Gasteiger partial charge is 0.239 e. The predicted octanol–water partition coefficient (Wildman–Crippen LogP) is -2.08. The molecule has 9 atom stereocenters. The minimum absolute atomic E-state index is 0.0305. The van der Waals surface area contributed by atoms with Crippen LogP contribution in [0.2, 0.25) is 0 Å². The molecule has 3 aromatic rings. The highest BCUT2D eigenvalue weighted by molar-refractivity contribution is 5.88. The molecule has 5 rings (SSSR count). The molecule has 0 amide bonds. The highest BCUT2D eigenvalue weighted by Crippen LogP contribution is 2.39. The van der Waals surface area contributed by atoms with Gasteiger partial charge >= 0.3 is 0 Å². The highest BCUT2D eigenvalue weighted by atomic mass is 16.7. The van der Waals surface area contributed by atoms with Crippen molar-refractivity contribution in [3.05, 3.63) is 40.6 Å². The molecule has 0 spiro atoms. The van der Waals surface area contributed by atoms with Gasteiger partial charge in [0.25, 0.3) is 0 Å². The maximum atomic E-state index is 13.5. The van der Waals surface area contributed by atoms with E-state index in [1.54, 1.807) is 0 Å². The van der Waals surface area contributed by atoms with Gasteiger partial charge in [0, 0.05) is 17.7 Å². The van der Waals surface area contributed by atoms with E-state index < -0.39 is 107 Å². The van der Waals surface area contributed by atoms with E-state index in [0.29, 0.717) is 0 Å². The van der Waals surface area contributed by atoms with Gasteiger partial charge in [0.05, 0.1) is 13.2 Å². The van der Waals surface area contributed by atoms with E-state index in [1.165, 1.54) is 6.07 Å². The maximum absolute atomic E-state index is 13.5. The van der Waals surface area contributed by atoms with Gasteiger partial charge in [-0.2, -0.15) is 0 Å². The first-order valence-corrected chi connectivity index (χ1v) is 12.6. The first kappa shape index (κ1) is 29.8. The minimum atomic E-state index is -1.96. The van der Waals surface area contributed by atoms with Crippen LogP contribution in [-0.2, 0) is 14.2 Å². The first-order chi connectivity index (χ1) is 19.9. The second-order valence-electron chi connectivity index (χ2n) is 9.85. The van der Waals surface area contributed by atoms with Crippen molar-refractivity contribution in [1.29, 1.82) is 0 Å². The van der Waals surface area contributed by atoms with Crippen LogP contribution in [0.1, 0.15) is 0 Å². The van der Waals surface area contributed by atoms with Gasteiger partial charge in [-0.3, -0.25) is 4.79 Å². The summed E-state index contributed by atoms with van der Waals surface area (Å²) in [7, 11) is 0. The number of phenols is 4. The largest absolute Gasteiger partial charge is 0.508 e. The van der Waals surface area contributed by atoms with Crippen LogP contribution in [0.3, 0.4) is 0 Å². The molecule has 16 heteroatoms. The van der Waals surface area contributed by atoms with Crippen LogP contribution in [0.4, 0.5) is 0 Å². The third-order valence-corrected chi connectivity index (χ3v) is 6.94. The van der Waals surface area contributed by atoms with Crippen LogP contribution in [0.15, 0.2) is 39.5 Å². The van der Waals surface area contributed by atoms with Crippen molar-refractivity contribution in [3.63, 3.8) is 0 Å². The Morgan fingerprint density at radius 1 is 0.786 bits per heavy atom. The van der Waals surface area contributed by atoms with E-state index in [2.05, 4.69) is 0 Å². The Labute approximate surface area is 235 Å². The summed E-state index contributed by atoms with van der Waals surface area (Å²) in [6.45, 7) is -0.970. The molecule has 1 aromatic heterocycles. The highest BCUT2D eigenvalue weighted by Gasteiger charge is 2.47. The second kappa shape index (κ2) is 11.5. The summed E-state index contributed by atoms with van der Waals surface area (Å²) in [6, 6.07) is 5.23. The SMILES string of the molecule is O=c1c(O[C@H]2O[C@@H](CO[C@@H]3OC[C@@H](O)[C@@H](O)[C@@H]3O)[C@H](O)[C@@H](O)[C@@H]2O)c(-c2ccc(O)c(O)c2)oc2cc(O)cc(O)c12. The minimum Gasteiger partial charge on any atom is -0.508 e. The third-order valence-electron chi connectivity index (χ3n) is 6.94. The summed E-state index contributed by atoms with van der Waals surface area (Å²) in [6.07, 6.45) is -15.1. The molecule has 0 saturated carbocycles. The van der Waals surface area contributed by atoms with E-state index in [0.717, 1.165) is 24.3 Å².